The molecule has 43 heavy (non-hydrogen) atoms. The molecular formula is C40H58O3. The Balaban J connectivity index is 1.24. The van der Waals surface area contributed by atoms with Crippen LogP contribution in [0, 0.1) is 57.2 Å². The average Bonchev–Trinajstić information content (AvgIpc) is 2.96. The monoisotopic (exact) mass is 586 g/mol. The van der Waals surface area contributed by atoms with Gasteiger partial charge in [-0.3, -0.25) is 9.59 Å². The first-order chi connectivity index (χ1) is 20.2. The van der Waals surface area contributed by atoms with Gasteiger partial charge in [0.1, 0.15) is 0 Å². The highest BCUT2D eigenvalue weighted by atomic mass is 16.6. The van der Waals surface area contributed by atoms with E-state index < -0.39 is 10.8 Å². The molecule has 0 amide bonds. The lowest BCUT2D eigenvalue weighted by atomic mass is 9.46. The van der Waals surface area contributed by atoms with Gasteiger partial charge in [-0.15, -0.1) is 0 Å². The summed E-state index contributed by atoms with van der Waals surface area (Å²) in [6.07, 6.45) is 22.3. The maximum atomic E-state index is 14.3. The van der Waals surface area contributed by atoms with Crippen LogP contribution in [0.5, 0.6) is 0 Å². The van der Waals surface area contributed by atoms with Gasteiger partial charge in [-0.25, -0.2) is 0 Å². The highest BCUT2D eigenvalue weighted by molar-refractivity contribution is 5.92. The van der Waals surface area contributed by atoms with Crippen LogP contribution in [0.25, 0.3) is 0 Å². The van der Waals surface area contributed by atoms with Gasteiger partial charge in [0.2, 0.25) is 0 Å². The first-order valence-corrected chi connectivity index (χ1v) is 17.8. The van der Waals surface area contributed by atoms with Crippen molar-refractivity contribution in [3.05, 3.63) is 46.6 Å². The summed E-state index contributed by atoms with van der Waals surface area (Å²) in [6, 6.07) is 0. The van der Waals surface area contributed by atoms with E-state index in [9.17, 15) is 9.59 Å². The minimum absolute atomic E-state index is 0.0688. The molecular weight excluding hydrogens is 528 g/mol. The summed E-state index contributed by atoms with van der Waals surface area (Å²) in [6.45, 7) is 18.4. The highest BCUT2D eigenvalue weighted by Gasteiger charge is 2.61. The quantitative estimate of drug-likeness (QED) is 0.243. The molecule has 0 aliphatic heterocycles. The van der Waals surface area contributed by atoms with E-state index in [1.165, 1.54) is 24.0 Å². The number of allylic oxidation sites excluding steroid dienone is 8. The normalized spacial score (nSPS) is 42.4. The van der Waals surface area contributed by atoms with E-state index in [-0.39, 0.29) is 34.6 Å². The van der Waals surface area contributed by atoms with Crippen molar-refractivity contribution in [1.82, 2.24) is 0 Å². The predicted octanol–water partition coefficient (Wildman–Crippen LogP) is 10.3. The molecule has 6 aliphatic carbocycles. The first-order valence-electron chi connectivity index (χ1n) is 17.8. The number of carbonyl (C=O) groups excluding carboxylic acids is 2. The van der Waals surface area contributed by atoms with Crippen molar-refractivity contribution in [2.24, 2.45) is 57.2 Å². The predicted molar refractivity (Wildman–Crippen MR) is 175 cm³/mol. The van der Waals surface area contributed by atoms with Crippen molar-refractivity contribution < 1.29 is 14.3 Å². The molecule has 0 unspecified atom stereocenters. The molecule has 3 nitrogen and oxygen atoms in total. The van der Waals surface area contributed by atoms with Gasteiger partial charge in [-0.1, -0.05) is 89.8 Å². The van der Waals surface area contributed by atoms with Gasteiger partial charge < -0.3 is 4.74 Å². The molecule has 8 atom stereocenters. The van der Waals surface area contributed by atoms with Crippen molar-refractivity contribution in [3.8, 4) is 0 Å². The van der Waals surface area contributed by atoms with Crippen LogP contribution in [0.2, 0.25) is 0 Å². The molecule has 2 fully saturated rings. The second-order valence-corrected chi connectivity index (χ2v) is 17.1. The number of hydrogen-bond donors (Lipinski definition) is 0. The number of fused-ring (bicyclic) bond motifs is 6. The van der Waals surface area contributed by atoms with Gasteiger partial charge in [0.15, 0.2) is 0 Å². The Morgan fingerprint density at radius 2 is 1.07 bits per heavy atom. The molecule has 6 rings (SSSR count). The standard InChI is InChI=1S/C40H58O3/c1-25(2)27-11-15-31-29(23-27)13-17-33-37(31,5)19-9-21-39(33,7)35(41)43-36(42)40(8)22-10-20-38(6)32-16-12-28(26(3)4)24-30(32)14-18-34(38)40/h13-14,23-26,31-34H,9-12,15-22H2,1-8H3/t31-,32-,33+,34+,37+,38+,39+,40+/m0/s1. The molecule has 0 aromatic carbocycles. The second-order valence-electron chi connectivity index (χ2n) is 17.1. The van der Waals surface area contributed by atoms with Crippen LogP contribution in [-0.2, 0) is 14.3 Å². The fourth-order valence-corrected chi connectivity index (χ4v) is 11.5. The molecule has 0 spiro atoms. The summed E-state index contributed by atoms with van der Waals surface area (Å²) in [4.78, 5) is 28.6. The number of hydrogen-bond acceptors (Lipinski definition) is 3. The first kappa shape index (κ1) is 31.1. The van der Waals surface area contributed by atoms with Crippen molar-refractivity contribution in [2.75, 3.05) is 0 Å². The zero-order valence-electron chi connectivity index (χ0n) is 28.5. The molecule has 0 bridgehead atoms. The van der Waals surface area contributed by atoms with Crippen molar-refractivity contribution in [3.63, 3.8) is 0 Å². The summed E-state index contributed by atoms with van der Waals surface area (Å²) < 4.78 is 6.15. The van der Waals surface area contributed by atoms with Crippen molar-refractivity contribution in [1.29, 1.82) is 0 Å². The van der Waals surface area contributed by atoms with E-state index in [1.54, 1.807) is 11.1 Å². The van der Waals surface area contributed by atoms with Crippen LogP contribution >= 0.6 is 0 Å². The SMILES string of the molecule is CC(C)C1=CC2=CC[C@@H]3[C@](C)(CCC[C@@]3(C)C(=O)OC(=O)[C@]3(C)CCC[C@@]4(C)[C@H]3CC=C3C=C(C(C)C)CC[C@@H]34)[C@H]2CC1. The Labute approximate surface area is 262 Å². The molecule has 0 radical (unpaired) electrons. The van der Waals surface area contributed by atoms with Gasteiger partial charge >= 0.3 is 11.9 Å². The van der Waals surface area contributed by atoms with Gasteiger partial charge in [-0.2, -0.15) is 0 Å². The Hall–Kier alpha value is -1.90. The third-order valence-electron chi connectivity index (χ3n) is 14.3. The summed E-state index contributed by atoms with van der Waals surface area (Å²) in [7, 11) is 0. The van der Waals surface area contributed by atoms with Crippen LogP contribution in [0.3, 0.4) is 0 Å². The zero-order valence-corrected chi connectivity index (χ0v) is 28.5. The van der Waals surface area contributed by atoms with Crippen molar-refractivity contribution in [2.45, 2.75) is 132 Å². The summed E-state index contributed by atoms with van der Waals surface area (Å²) in [5.41, 5.74) is 5.02. The Kier molecular flexibility index (Phi) is 7.86. The average molecular weight is 587 g/mol. The summed E-state index contributed by atoms with van der Waals surface area (Å²) in [5.74, 6) is 2.10. The number of rotatable bonds is 4. The molecule has 6 aliphatic rings. The lowest BCUT2D eigenvalue weighted by molar-refractivity contribution is -0.188. The van der Waals surface area contributed by atoms with E-state index in [2.05, 4.69) is 79.7 Å². The Morgan fingerprint density at radius 3 is 1.44 bits per heavy atom. The smallest absolute Gasteiger partial charge is 0.319 e. The maximum absolute atomic E-state index is 14.3. The fraction of sp³-hybridized carbons (Fsp3) is 0.750. The minimum Gasteiger partial charge on any atom is -0.392 e. The number of ether oxygens (including phenoxy) is 1. The minimum atomic E-state index is -0.623. The number of esters is 2. The molecule has 236 valence electrons. The molecule has 0 N–H and O–H groups in total. The van der Waals surface area contributed by atoms with Crippen LogP contribution in [0.15, 0.2) is 46.6 Å². The molecule has 3 heteroatoms. The van der Waals surface area contributed by atoms with Gasteiger partial charge in [0, 0.05) is 0 Å². The van der Waals surface area contributed by atoms with Crippen LogP contribution in [0.1, 0.15) is 132 Å². The largest absolute Gasteiger partial charge is 0.392 e. The molecule has 0 aromatic heterocycles. The summed E-state index contributed by atoms with van der Waals surface area (Å²) >= 11 is 0. The van der Waals surface area contributed by atoms with Crippen molar-refractivity contribution >= 4 is 11.9 Å². The number of carbonyl (C=O) groups is 2. The molecule has 0 heterocycles. The van der Waals surface area contributed by atoms with E-state index in [0.717, 1.165) is 64.2 Å². The van der Waals surface area contributed by atoms with Crippen LogP contribution in [-0.4, -0.2) is 11.9 Å². The van der Waals surface area contributed by atoms with E-state index >= 15 is 0 Å². The molecule has 2 saturated carbocycles. The van der Waals surface area contributed by atoms with E-state index in [1.807, 2.05) is 0 Å². The van der Waals surface area contributed by atoms with E-state index in [0.29, 0.717) is 23.7 Å². The summed E-state index contributed by atoms with van der Waals surface area (Å²) in [5, 5.41) is 0. The van der Waals surface area contributed by atoms with Gasteiger partial charge in [0.25, 0.3) is 0 Å². The van der Waals surface area contributed by atoms with E-state index in [4.69, 9.17) is 4.74 Å². The lowest BCUT2D eigenvalue weighted by Gasteiger charge is -2.58. The fourth-order valence-electron chi connectivity index (χ4n) is 11.5. The topological polar surface area (TPSA) is 43.4 Å². The van der Waals surface area contributed by atoms with Gasteiger partial charge in [0.05, 0.1) is 10.8 Å². The van der Waals surface area contributed by atoms with Gasteiger partial charge in [-0.05, 0) is 136 Å². The highest BCUT2D eigenvalue weighted by Crippen LogP contribution is 2.64. The Morgan fingerprint density at radius 1 is 0.674 bits per heavy atom. The van der Waals surface area contributed by atoms with Crippen LogP contribution in [0.4, 0.5) is 0 Å². The second kappa shape index (κ2) is 10.9. The third kappa shape index (κ3) is 4.80. The lowest BCUT2D eigenvalue weighted by Crippen LogP contribution is -2.56. The molecule has 0 saturated heterocycles. The van der Waals surface area contributed by atoms with Crippen LogP contribution < -0.4 is 0 Å². The maximum Gasteiger partial charge on any atom is 0.319 e. The Bertz CT molecular complexity index is 1190. The third-order valence-corrected chi connectivity index (χ3v) is 14.3. The zero-order chi connectivity index (χ0) is 30.9. The molecule has 0 aromatic rings.